The van der Waals surface area contributed by atoms with E-state index < -0.39 is 0 Å². The zero-order chi connectivity index (χ0) is 5.82. The summed E-state index contributed by atoms with van der Waals surface area (Å²) in [6, 6.07) is 3.23. The Morgan fingerprint density at radius 1 is 1.75 bits per heavy atom. The van der Waals surface area contributed by atoms with Crippen molar-refractivity contribution >= 4 is 11.9 Å². The van der Waals surface area contributed by atoms with Crippen LogP contribution in [-0.2, 0) is 11.9 Å². The van der Waals surface area contributed by atoms with Crippen molar-refractivity contribution in [2.75, 3.05) is 0 Å². The second-order valence-corrected chi connectivity index (χ2v) is 1.43. The lowest BCUT2D eigenvalue weighted by Crippen LogP contribution is -1.77. The molecular formula is C4H4O3S. The smallest absolute Gasteiger partial charge is 0.299 e. The van der Waals surface area contributed by atoms with Gasteiger partial charge in [0.1, 0.15) is 0 Å². The highest BCUT2D eigenvalue weighted by molar-refractivity contribution is 7.60. The molecule has 1 rings (SSSR count). The largest absolute Gasteiger partial charge is 0.433 e. The fraction of sp³-hybridized carbons (Fsp3) is 0. The third kappa shape index (κ3) is 1.10. The van der Waals surface area contributed by atoms with Crippen molar-refractivity contribution in [3.05, 3.63) is 18.4 Å². The van der Waals surface area contributed by atoms with E-state index in [-0.39, 0.29) is 17.9 Å². The molecule has 0 aliphatic heterocycles. The normalized spacial score (nSPS) is 9.00. The van der Waals surface area contributed by atoms with Crippen molar-refractivity contribution in [1.29, 1.82) is 0 Å². The van der Waals surface area contributed by atoms with Gasteiger partial charge in [-0.3, -0.25) is 0 Å². The van der Waals surface area contributed by atoms with Crippen LogP contribution in [0.25, 0.3) is 0 Å². The lowest BCUT2D eigenvalue weighted by molar-refractivity contribution is 0.413. The molecule has 0 N–H and O–H groups in total. The summed E-state index contributed by atoms with van der Waals surface area (Å²) in [5, 5.41) is 0. The van der Waals surface area contributed by atoms with E-state index in [2.05, 4.69) is 8.60 Å². The SMILES string of the molecule is O=[SH]Oc1ccco1. The van der Waals surface area contributed by atoms with Gasteiger partial charge in [0, 0.05) is 6.07 Å². The average Bonchev–Trinajstić information content (AvgIpc) is 2.19. The molecule has 0 amide bonds. The van der Waals surface area contributed by atoms with Crippen LogP contribution in [0.15, 0.2) is 22.8 Å². The summed E-state index contributed by atoms with van der Waals surface area (Å²) < 4.78 is 18.7. The van der Waals surface area contributed by atoms with Crippen LogP contribution in [0.3, 0.4) is 0 Å². The van der Waals surface area contributed by atoms with Gasteiger partial charge in [0.2, 0.25) is 0 Å². The predicted octanol–water partition coefficient (Wildman–Crippen LogP) is 0.519. The van der Waals surface area contributed by atoms with Crippen LogP contribution in [0.5, 0.6) is 5.95 Å². The van der Waals surface area contributed by atoms with E-state index in [1.807, 2.05) is 0 Å². The van der Waals surface area contributed by atoms with Gasteiger partial charge in [-0.2, -0.15) is 0 Å². The number of hydrogen-bond acceptors (Lipinski definition) is 3. The summed E-state index contributed by atoms with van der Waals surface area (Å²) in [7, 11) is 0. The molecule has 0 aliphatic carbocycles. The molecule has 8 heavy (non-hydrogen) atoms. The van der Waals surface area contributed by atoms with Crippen molar-refractivity contribution in [3.8, 4) is 5.95 Å². The van der Waals surface area contributed by atoms with Gasteiger partial charge in [-0.15, -0.1) is 0 Å². The van der Waals surface area contributed by atoms with Crippen molar-refractivity contribution in [2.45, 2.75) is 0 Å². The maximum absolute atomic E-state index is 9.69. The number of thiol groups is 1. The third-order valence-corrected chi connectivity index (χ3v) is 0.877. The van der Waals surface area contributed by atoms with E-state index in [1.54, 1.807) is 12.1 Å². The summed E-state index contributed by atoms with van der Waals surface area (Å²) in [5.41, 5.74) is 0. The van der Waals surface area contributed by atoms with Crippen LogP contribution in [0.2, 0.25) is 0 Å². The molecule has 0 unspecified atom stereocenters. The van der Waals surface area contributed by atoms with Gasteiger partial charge >= 0.3 is 0 Å². The first-order valence-electron chi connectivity index (χ1n) is 1.96. The zero-order valence-electron chi connectivity index (χ0n) is 3.90. The van der Waals surface area contributed by atoms with Gasteiger partial charge in [0.05, 0.1) is 6.26 Å². The Kier molecular flexibility index (Phi) is 1.69. The van der Waals surface area contributed by atoms with Crippen molar-refractivity contribution in [3.63, 3.8) is 0 Å². The fourth-order valence-corrected chi connectivity index (χ4v) is 0.530. The lowest BCUT2D eigenvalue weighted by Gasteiger charge is -1.83. The summed E-state index contributed by atoms with van der Waals surface area (Å²) in [5.74, 6) is 0.265. The average molecular weight is 132 g/mol. The first kappa shape index (κ1) is 5.37. The van der Waals surface area contributed by atoms with Gasteiger partial charge in [-0.1, -0.05) is 0 Å². The molecular weight excluding hydrogens is 128 g/mol. The van der Waals surface area contributed by atoms with E-state index in [4.69, 9.17) is 0 Å². The zero-order valence-corrected chi connectivity index (χ0v) is 4.80. The van der Waals surface area contributed by atoms with Crippen LogP contribution in [0, 0.1) is 0 Å². The molecule has 0 aromatic carbocycles. The molecule has 0 spiro atoms. The number of rotatable bonds is 2. The minimum absolute atomic E-state index is 0.265. The standard InChI is InChI=1S/C4H4O3S/c5-8-7-4-2-1-3-6-4/h1-3,8H. The van der Waals surface area contributed by atoms with Gasteiger partial charge in [-0.05, 0) is 6.07 Å². The highest BCUT2D eigenvalue weighted by Crippen LogP contribution is 2.08. The van der Waals surface area contributed by atoms with Gasteiger partial charge in [0.15, 0.2) is 11.9 Å². The van der Waals surface area contributed by atoms with Gasteiger partial charge in [-0.25, -0.2) is 4.21 Å². The predicted molar refractivity (Wildman–Crippen MR) is 28.9 cm³/mol. The van der Waals surface area contributed by atoms with E-state index in [0.717, 1.165) is 0 Å². The van der Waals surface area contributed by atoms with E-state index in [9.17, 15) is 4.21 Å². The molecule has 0 fully saturated rings. The second-order valence-electron chi connectivity index (χ2n) is 1.10. The molecule has 0 bridgehead atoms. The number of furan rings is 1. The molecule has 0 saturated carbocycles. The van der Waals surface area contributed by atoms with Crippen molar-refractivity contribution < 1.29 is 12.8 Å². The lowest BCUT2D eigenvalue weighted by atomic mass is 10.7. The number of hydrogen-bond donors (Lipinski definition) is 1. The monoisotopic (exact) mass is 132 g/mol. The molecule has 1 aromatic heterocycles. The molecule has 44 valence electrons. The topological polar surface area (TPSA) is 39.4 Å². The van der Waals surface area contributed by atoms with E-state index in [1.165, 1.54) is 6.26 Å². The summed E-state index contributed by atoms with van der Waals surface area (Å²) >= 11 is -0.388. The molecule has 1 heterocycles. The first-order chi connectivity index (χ1) is 3.93. The molecule has 1 aromatic rings. The fourth-order valence-electron chi connectivity index (χ4n) is 0.352. The Hall–Kier alpha value is -0.770. The highest BCUT2D eigenvalue weighted by atomic mass is 32.2. The van der Waals surface area contributed by atoms with Gasteiger partial charge < -0.3 is 8.60 Å². The molecule has 4 heteroatoms. The molecule has 3 nitrogen and oxygen atoms in total. The van der Waals surface area contributed by atoms with Gasteiger partial charge in [0.25, 0.3) is 5.95 Å². The van der Waals surface area contributed by atoms with E-state index in [0.29, 0.717) is 0 Å². The van der Waals surface area contributed by atoms with Crippen LogP contribution >= 0.6 is 0 Å². The van der Waals surface area contributed by atoms with Crippen LogP contribution in [0.4, 0.5) is 0 Å². The molecule has 0 saturated heterocycles. The Balaban J connectivity index is 2.62. The minimum atomic E-state index is -0.388. The second kappa shape index (κ2) is 2.52. The summed E-state index contributed by atoms with van der Waals surface area (Å²) in [4.78, 5) is 0. The van der Waals surface area contributed by atoms with Crippen LogP contribution < -0.4 is 4.18 Å². The summed E-state index contributed by atoms with van der Waals surface area (Å²) in [6.45, 7) is 0. The molecule has 0 atom stereocenters. The van der Waals surface area contributed by atoms with Crippen LogP contribution in [0.1, 0.15) is 0 Å². The maximum Gasteiger partial charge on any atom is 0.299 e. The van der Waals surface area contributed by atoms with Crippen LogP contribution in [-0.4, -0.2) is 4.21 Å². The van der Waals surface area contributed by atoms with E-state index >= 15 is 0 Å². The highest BCUT2D eigenvalue weighted by Gasteiger charge is 1.89. The quantitative estimate of drug-likeness (QED) is 0.596. The maximum atomic E-state index is 9.69. The first-order valence-corrected chi connectivity index (χ1v) is 2.69. The Morgan fingerprint density at radius 2 is 2.62 bits per heavy atom. The Labute approximate surface area is 50.0 Å². The van der Waals surface area contributed by atoms with Crippen molar-refractivity contribution in [2.24, 2.45) is 0 Å². The Morgan fingerprint density at radius 3 is 3.12 bits per heavy atom. The Bertz CT molecular complexity index is 158. The molecule has 0 radical (unpaired) electrons. The molecule has 0 aliphatic rings. The van der Waals surface area contributed by atoms with Crippen molar-refractivity contribution in [1.82, 2.24) is 0 Å². The third-order valence-electron chi connectivity index (χ3n) is 0.622. The minimum Gasteiger partial charge on any atom is -0.433 e. The summed E-state index contributed by atoms with van der Waals surface area (Å²) in [6.07, 6.45) is 1.44.